The number of aryl methyl sites for hydroxylation is 1. The summed E-state index contributed by atoms with van der Waals surface area (Å²) < 4.78 is 43.5. The number of alkyl halides is 3. The molecule has 214 valence electrons. The summed E-state index contributed by atoms with van der Waals surface area (Å²) >= 11 is 0. The number of carbonyl (C=O) groups is 1. The van der Waals surface area contributed by atoms with E-state index in [0.717, 1.165) is 22.0 Å². The molecule has 2 N–H and O–H groups in total. The maximum atomic E-state index is 13.9. The van der Waals surface area contributed by atoms with Crippen LogP contribution in [-0.2, 0) is 7.05 Å². The van der Waals surface area contributed by atoms with E-state index < -0.39 is 18.1 Å². The van der Waals surface area contributed by atoms with Gasteiger partial charge in [-0.15, -0.1) is 0 Å². The van der Waals surface area contributed by atoms with E-state index in [0.29, 0.717) is 37.6 Å². The lowest BCUT2D eigenvalue weighted by molar-refractivity contribution is -0.170. The van der Waals surface area contributed by atoms with Gasteiger partial charge < -0.3 is 20.4 Å². The average Bonchev–Trinajstić information content (AvgIpc) is 3.18. The molecule has 8 nitrogen and oxygen atoms in total. The lowest BCUT2D eigenvalue weighted by atomic mass is 9.97. The zero-order chi connectivity index (χ0) is 28.9. The summed E-state index contributed by atoms with van der Waals surface area (Å²) in [7, 11) is 3.82. The molecule has 5 rings (SSSR count). The number of benzene rings is 1. The third-order valence-electron chi connectivity index (χ3n) is 7.18. The largest absolute Gasteiger partial charge is 0.397 e. The van der Waals surface area contributed by atoms with E-state index in [2.05, 4.69) is 25.6 Å². The molecule has 0 saturated carbocycles. The highest BCUT2D eigenvalue weighted by Gasteiger charge is 2.44. The smallest absolute Gasteiger partial charge is 0.372 e. The SMILES string of the molecule is CC.CN1CCN(C2=CC=C(NC(=O)Nc3ccc(-c4cncc5c4cnn5C)cc3)CCC2C(F)(F)F)CC1. The molecule has 1 saturated heterocycles. The molecule has 0 spiro atoms. The molecule has 1 fully saturated rings. The number of fused-ring (bicyclic) bond motifs is 1. The fourth-order valence-corrected chi connectivity index (χ4v) is 4.99. The van der Waals surface area contributed by atoms with Crippen LogP contribution in [0.5, 0.6) is 0 Å². The van der Waals surface area contributed by atoms with Crippen LogP contribution in [0.25, 0.3) is 22.0 Å². The molecule has 0 bridgehead atoms. The van der Waals surface area contributed by atoms with Crippen LogP contribution in [0.2, 0.25) is 0 Å². The molecule has 3 aromatic rings. The van der Waals surface area contributed by atoms with Crippen molar-refractivity contribution >= 4 is 22.6 Å². The van der Waals surface area contributed by atoms with Gasteiger partial charge in [0.15, 0.2) is 0 Å². The van der Waals surface area contributed by atoms with Gasteiger partial charge in [-0.25, -0.2) is 4.79 Å². The maximum absolute atomic E-state index is 13.9. The van der Waals surface area contributed by atoms with Crippen LogP contribution in [0, 0.1) is 5.92 Å². The van der Waals surface area contributed by atoms with Crippen LogP contribution in [0.4, 0.5) is 23.7 Å². The van der Waals surface area contributed by atoms with Gasteiger partial charge in [-0.2, -0.15) is 18.3 Å². The van der Waals surface area contributed by atoms with Crippen molar-refractivity contribution in [1.82, 2.24) is 29.9 Å². The molecular formula is C29H36F3N7O. The first-order valence-corrected chi connectivity index (χ1v) is 13.5. The van der Waals surface area contributed by atoms with Gasteiger partial charge in [0.2, 0.25) is 0 Å². The zero-order valence-corrected chi connectivity index (χ0v) is 23.3. The molecule has 2 aromatic heterocycles. The summed E-state index contributed by atoms with van der Waals surface area (Å²) in [5.74, 6) is -1.56. The lowest BCUT2D eigenvalue weighted by Gasteiger charge is -2.38. The number of likely N-dealkylation sites (N-methyl/N-ethyl adjacent to an activating group) is 1. The number of nitrogens with one attached hydrogen (secondary N) is 2. The second-order valence-corrected chi connectivity index (χ2v) is 9.75. The molecule has 0 radical (unpaired) electrons. The van der Waals surface area contributed by atoms with E-state index in [9.17, 15) is 18.0 Å². The van der Waals surface area contributed by atoms with Crippen molar-refractivity contribution in [2.24, 2.45) is 13.0 Å². The van der Waals surface area contributed by atoms with Crippen molar-refractivity contribution in [3.8, 4) is 11.1 Å². The highest BCUT2D eigenvalue weighted by Crippen LogP contribution is 2.39. The minimum absolute atomic E-state index is 0.115. The predicted molar refractivity (Wildman–Crippen MR) is 151 cm³/mol. The van der Waals surface area contributed by atoms with Gasteiger partial charge in [0.05, 0.1) is 23.8 Å². The Hall–Kier alpha value is -3.86. The number of rotatable bonds is 4. The second-order valence-electron chi connectivity index (χ2n) is 9.75. The monoisotopic (exact) mass is 555 g/mol. The van der Waals surface area contributed by atoms with Crippen molar-refractivity contribution in [2.45, 2.75) is 32.9 Å². The summed E-state index contributed by atoms with van der Waals surface area (Å²) in [6, 6.07) is 6.80. The highest BCUT2D eigenvalue weighted by molar-refractivity contribution is 5.95. The van der Waals surface area contributed by atoms with Crippen molar-refractivity contribution in [1.29, 1.82) is 0 Å². The van der Waals surface area contributed by atoms with Gasteiger partial charge in [-0.3, -0.25) is 9.67 Å². The molecule has 1 aliphatic carbocycles. The quantitative estimate of drug-likeness (QED) is 0.427. The van der Waals surface area contributed by atoms with Gasteiger partial charge in [-0.1, -0.05) is 26.0 Å². The Morgan fingerprint density at radius 2 is 1.65 bits per heavy atom. The first-order valence-electron chi connectivity index (χ1n) is 13.5. The van der Waals surface area contributed by atoms with Gasteiger partial charge >= 0.3 is 12.2 Å². The molecule has 2 aliphatic rings. The van der Waals surface area contributed by atoms with Crippen LogP contribution in [0.15, 0.2) is 66.4 Å². The van der Waals surface area contributed by atoms with E-state index in [4.69, 9.17) is 0 Å². The average molecular weight is 556 g/mol. The Bertz CT molecular complexity index is 1370. The van der Waals surface area contributed by atoms with E-state index >= 15 is 0 Å². The van der Waals surface area contributed by atoms with Crippen molar-refractivity contribution in [3.63, 3.8) is 0 Å². The Morgan fingerprint density at radius 3 is 2.33 bits per heavy atom. The molecule has 11 heteroatoms. The molecule has 1 atom stereocenters. The van der Waals surface area contributed by atoms with E-state index in [-0.39, 0.29) is 18.5 Å². The number of carbonyl (C=O) groups excluding carboxylic acids is 1. The standard InChI is InChI=1S/C27H30F3N7O.C2H6/c1-35-11-13-37(14-12-35)24-10-8-20(7-9-23(24)27(28,29)30)34-26(38)33-19-5-3-18(4-6-19)21-15-31-17-25-22(21)16-32-36(25)2;1-2/h3-6,8,10,15-17,23H,7,9,11-14H2,1-2H3,(H2,33,34,38);1-2H3. The van der Waals surface area contributed by atoms with Gasteiger partial charge in [0.1, 0.15) is 0 Å². The Labute approximate surface area is 232 Å². The van der Waals surface area contributed by atoms with Crippen LogP contribution in [0.3, 0.4) is 0 Å². The molecule has 2 amide bonds. The number of aromatic nitrogens is 3. The van der Waals surface area contributed by atoms with E-state index in [1.54, 1.807) is 41.5 Å². The predicted octanol–water partition coefficient (Wildman–Crippen LogP) is 5.77. The molecule has 1 unspecified atom stereocenters. The lowest BCUT2D eigenvalue weighted by Crippen LogP contribution is -2.46. The van der Waals surface area contributed by atoms with Gasteiger partial charge in [-0.05, 0) is 49.7 Å². The Kier molecular flexibility index (Phi) is 9.14. The fourth-order valence-electron chi connectivity index (χ4n) is 4.99. The summed E-state index contributed by atoms with van der Waals surface area (Å²) in [5.41, 5.74) is 4.06. The Morgan fingerprint density at radius 1 is 0.950 bits per heavy atom. The van der Waals surface area contributed by atoms with Crippen LogP contribution in [-0.4, -0.2) is 70.0 Å². The summed E-state index contributed by atoms with van der Waals surface area (Å²) in [6.07, 6.45) is 4.10. The summed E-state index contributed by atoms with van der Waals surface area (Å²) in [5, 5.41) is 10.8. The molecule has 3 heterocycles. The number of hydrogen-bond donors (Lipinski definition) is 2. The first-order chi connectivity index (χ1) is 19.2. The number of urea groups is 1. The number of amides is 2. The van der Waals surface area contributed by atoms with Crippen LogP contribution in [0.1, 0.15) is 26.7 Å². The fraction of sp³-hybridized carbons (Fsp3) is 0.414. The maximum Gasteiger partial charge on any atom is 0.397 e. The van der Waals surface area contributed by atoms with Crippen molar-refractivity contribution < 1.29 is 18.0 Å². The third kappa shape index (κ3) is 6.64. The first kappa shape index (κ1) is 29.1. The number of anilines is 1. The second kappa shape index (κ2) is 12.5. The molecule has 1 aliphatic heterocycles. The van der Waals surface area contributed by atoms with Crippen LogP contribution >= 0.6 is 0 Å². The molecular weight excluding hydrogens is 519 g/mol. The van der Waals surface area contributed by atoms with E-state index in [1.165, 1.54) is 6.08 Å². The normalized spacial score (nSPS) is 18.3. The number of halogens is 3. The topological polar surface area (TPSA) is 78.3 Å². The third-order valence-corrected chi connectivity index (χ3v) is 7.18. The van der Waals surface area contributed by atoms with Crippen LogP contribution < -0.4 is 10.6 Å². The number of nitrogens with zero attached hydrogens (tertiary/aromatic N) is 5. The minimum Gasteiger partial charge on any atom is -0.372 e. The minimum atomic E-state index is -4.35. The number of hydrogen-bond acceptors (Lipinski definition) is 5. The van der Waals surface area contributed by atoms with Crippen molar-refractivity contribution in [2.75, 3.05) is 38.5 Å². The highest BCUT2D eigenvalue weighted by atomic mass is 19.4. The van der Waals surface area contributed by atoms with E-state index in [1.807, 2.05) is 45.0 Å². The zero-order valence-electron chi connectivity index (χ0n) is 23.3. The molecule has 1 aromatic carbocycles. The van der Waals surface area contributed by atoms with Crippen molar-refractivity contribution in [3.05, 3.63) is 66.4 Å². The van der Waals surface area contributed by atoms with Gasteiger partial charge in [0.25, 0.3) is 0 Å². The summed E-state index contributed by atoms with van der Waals surface area (Å²) in [4.78, 5) is 20.9. The number of pyridine rings is 1. The van der Waals surface area contributed by atoms with Gasteiger partial charge in [0, 0.05) is 67.5 Å². The Balaban J connectivity index is 0.00000181. The number of piperazine rings is 1. The summed E-state index contributed by atoms with van der Waals surface area (Å²) in [6.45, 7) is 6.53. The number of allylic oxidation sites excluding steroid dienone is 4. The molecule has 40 heavy (non-hydrogen) atoms.